The number of nitrogens with one attached hydrogen (secondary N) is 2. The van der Waals surface area contributed by atoms with Crippen LogP contribution in [0.25, 0.3) is 11.2 Å². The average molecular weight is 291 g/mol. The molecular formula is C13H17N5O3. The Balaban J connectivity index is 2.25. The number of nitrogens with two attached hydrogens (primary N) is 1. The molecule has 0 bridgehead atoms. The highest BCUT2D eigenvalue weighted by atomic mass is 16.5. The Morgan fingerprint density at radius 3 is 2.76 bits per heavy atom. The first-order valence-corrected chi connectivity index (χ1v) is 6.74. The van der Waals surface area contributed by atoms with Crippen molar-refractivity contribution >= 4 is 17.1 Å². The number of aromatic amines is 2. The van der Waals surface area contributed by atoms with Crippen LogP contribution in [0.5, 0.6) is 0 Å². The van der Waals surface area contributed by atoms with Crippen LogP contribution in [0.2, 0.25) is 0 Å². The van der Waals surface area contributed by atoms with Gasteiger partial charge in [0, 0.05) is 12.8 Å². The van der Waals surface area contributed by atoms with E-state index < -0.39 is 17.0 Å². The summed E-state index contributed by atoms with van der Waals surface area (Å²) in [5.41, 5.74) is 5.14. The number of hydrogen-bond acceptors (Lipinski definition) is 5. The largest absolute Gasteiger partial charge is 0.472 e. The maximum absolute atomic E-state index is 12.3. The molecule has 1 aliphatic heterocycles. The van der Waals surface area contributed by atoms with Gasteiger partial charge in [-0.3, -0.25) is 14.8 Å². The lowest BCUT2D eigenvalue weighted by molar-refractivity contribution is -0.0297. The summed E-state index contributed by atoms with van der Waals surface area (Å²) < 4.78 is 7.31. The van der Waals surface area contributed by atoms with Gasteiger partial charge in [0.25, 0.3) is 5.56 Å². The molecule has 0 saturated carbocycles. The van der Waals surface area contributed by atoms with Crippen LogP contribution >= 0.6 is 0 Å². The number of allylic oxidation sites excluding steroid dienone is 1. The molecule has 1 atom stereocenters. The third kappa shape index (κ3) is 1.86. The van der Waals surface area contributed by atoms with Crippen LogP contribution in [0.15, 0.2) is 20.9 Å². The van der Waals surface area contributed by atoms with Crippen LogP contribution in [-0.2, 0) is 10.5 Å². The molecule has 0 fully saturated rings. The number of rotatable bonds is 2. The number of aromatic nitrogens is 4. The Labute approximate surface area is 119 Å². The van der Waals surface area contributed by atoms with Gasteiger partial charge in [-0.2, -0.15) is 4.98 Å². The summed E-state index contributed by atoms with van der Waals surface area (Å²) in [7, 11) is 0. The van der Waals surface area contributed by atoms with E-state index in [1.165, 1.54) is 4.57 Å². The molecular weight excluding hydrogens is 274 g/mol. The first-order chi connectivity index (χ1) is 9.85. The molecule has 0 amide bonds. The molecule has 3 rings (SSSR count). The van der Waals surface area contributed by atoms with E-state index >= 15 is 0 Å². The van der Waals surface area contributed by atoms with Crippen LogP contribution in [-0.4, -0.2) is 19.5 Å². The lowest BCUT2D eigenvalue weighted by atomic mass is 10.1. The van der Waals surface area contributed by atoms with Crippen molar-refractivity contribution in [3.05, 3.63) is 32.2 Å². The molecule has 1 unspecified atom stereocenters. The number of imidazole rings is 1. The molecule has 2 aromatic rings. The van der Waals surface area contributed by atoms with Crippen molar-refractivity contribution in [2.75, 3.05) is 5.73 Å². The molecule has 21 heavy (non-hydrogen) atoms. The highest BCUT2D eigenvalue weighted by molar-refractivity contribution is 5.70. The number of anilines is 1. The fourth-order valence-corrected chi connectivity index (χ4v) is 2.93. The molecule has 3 heterocycles. The zero-order valence-electron chi connectivity index (χ0n) is 12.1. The zero-order chi connectivity index (χ0) is 15.4. The SMILES string of the molecule is CCC1=C(C)CC(C)(n2c(=O)[nH]c3c(=O)[nH]c(N)nc32)O1. The van der Waals surface area contributed by atoms with E-state index in [1.807, 2.05) is 13.8 Å². The molecule has 4 N–H and O–H groups in total. The third-order valence-electron chi connectivity index (χ3n) is 3.77. The van der Waals surface area contributed by atoms with Crippen LogP contribution < -0.4 is 17.0 Å². The summed E-state index contributed by atoms with van der Waals surface area (Å²) in [5.74, 6) is 0.818. The van der Waals surface area contributed by atoms with Crippen LogP contribution in [0.1, 0.15) is 33.6 Å². The van der Waals surface area contributed by atoms with Crippen molar-refractivity contribution in [1.29, 1.82) is 0 Å². The summed E-state index contributed by atoms with van der Waals surface area (Å²) in [4.78, 5) is 33.1. The fraction of sp³-hybridized carbons (Fsp3) is 0.462. The minimum absolute atomic E-state index is 0.0396. The Hall–Kier alpha value is -2.51. The van der Waals surface area contributed by atoms with Gasteiger partial charge < -0.3 is 10.5 Å². The number of fused-ring (bicyclic) bond motifs is 1. The van der Waals surface area contributed by atoms with E-state index in [1.54, 1.807) is 6.92 Å². The summed E-state index contributed by atoms with van der Waals surface area (Å²) in [6.07, 6.45) is 1.30. The van der Waals surface area contributed by atoms with Gasteiger partial charge in [0.05, 0.1) is 5.76 Å². The summed E-state index contributed by atoms with van der Waals surface area (Å²) in [5, 5.41) is 0. The van der Waals surface area contributed by atoms with E-state index in [-0.39, 0.29) is 17.1 Å². The monoisotopic (exact) mass is 291 g/mol. The molecule has 1 aliphatic rings. The van der Waals surface area contributed by atoms with Gasteiger partial charge in [0.1, 0.15) is 0 Å². The van der Waals surface area contributed by atoms with Crippen LogP contribution in [0.3, 0.4) is 0 Å². The lowest BCUT2D eigenvalue weighted by Gasteiger charge is -2.26. The van der Waals surface area contributed by atoms with Gasteiger partial charge >= 0.3 is 5.69 Å². The van der Waals surface area contributed by atoms with Gasteiger partial charge in [-0.25, -0.2) is 9.36 Å². The second-order valence-corrected chi connectivity index (χ2v) is 5.43. The molecule has 0 aromatic carbocycles. The second kappa shape index (κ2) is 4.24. The first-order valence-electron chi connectivity index (χ1n) is 6.74. The standard InChI is InChI=1S/C13H17N5O3/c1-4-7-6(2)5-13(3,21-7)18-9-8(15-12(18)20)10(19)17-11(14)16-9/h4-5H2,1-3H3,(H,15,20)(H3,14,16,17,19). The van der Waals surface area contributed by atoms with Crippen molar-refractivity contribution < 1.29 is 4.74 Å². The highest BCUT2D eigenvalue weighted by Crippen LogP contribution is 2.38. The lowest BCUT2D eigenvalue weighted by Crippen LogP contribution is -2.37. The van der Waals surface area contributed by atoms with Crippen molar-refractivity contribution in [3.63, 3.8) is 0 Å². The average Bonchev–Trinajstić information content (AvgIpc) is 2.87. The number of H-pyrrole nitrogens is 2. The summed E-state index contributed by atoms with van der Waals surface area (Å²) >= 11 is 0. The number of hydrogen-bond donors (Lipinski definition) is 3. The Kier molecular flexibility index (Phi) is 2.72. The van der Waals surface area contributed by atoms with Crippen LogP contribution in [0, 0.1) is 0 Å². The van der Waals surface area contributed by atoms with Gasteiger partial charge in [-0.1, -0.05) is 6.92 Å². The normalized spacial score (nSPS) is 22.0. The summed E-state index contributed by atoms with van der Waals surface area (Å²) in [6, 6.07) is 0. The first kappa shape index (κ1) is 13.5. The Bertz CT molecular complexity index is 872. The summed E-state index contributed by atoms with van der Waals surface area (Å²) in [6.45, 7) is 5.76. The highest BCUT2D eigenvalue weighted by Gasteiger charge is 2.39. The smallest absolute Gasteiger partial charge is 0.331 e. The predicted octanol–water partition coefficient (Wildman–Crippen LogP) is 0.772. The molecule has 8 nitrogen and oxygen atoms in total. The molecule has 0 saturated heterocycles. The molecule has 0 aliphatic carbocycles. The fourth-order valence-electron chi connectivity index (χ4n) is 2.93. The van der Waals surface area contributed by atoms with E-state index in [2.05, 4.69) is 15.0 Å². The minimum atomic E-state index is -0.905. The molecule has 0 spiro atoms. The molecule has 0 radical (unpaired) electrons. The van der Waals surface area contributed by atoms with E-state index in [0.717, 1.165) is 17.8 Å². The molecule has 2 aromatic heterocycles. The van der Waals surface area contributed by atoms with Crippen LogP contribution in [0.4, 0.5) is 5.95 Å². The molecule has 112 valence electrons. The van der Waals surface area contributed by atoms with Crippen molar-refractivity contribution in [2.24, 2.45) is 0 Å². The van der Waals surface area contributed by atoms with Gasteiger partial charge in [-0.15, -0.1) is 0 Å². The maximum atomic E-state index is 12.3. The van der Waals surface area contributed by atoms with E-state index in [9.17, 15) is 9.59 Å². The van der Waals surface area contributed by atoms with Crippen molar-refractivity contribution in [1.82, 2.24) is 19.5 Å². The van der Waals surface area contributed by atoms with E-state index in [0.29, 0.717) is 6.42 Å². The second-order valence-electron chi connectivity index (χ2n) is 5.43. The zero-order valence-corrected chi connectivity index (χ0v) is 12.1. The number of nitrogens with zero attached hydrogens (tertiary/aromatic N) is 2. The maximum Gasteiger partial charge on any atom is 0.331 e. The molecule has 8 heteroatoms. The van der Waals surface area contributed by atoms with Gasteiger partial charge in [-0.05, 0) is 19.4 Å². The quantitative estimate of drug-likeness (QED) is 0.755. The van der Waals surface area contributed by atoms with Gasteiger partial charge in [0.2, 0.25) is 5.95 Å². The van der Waals surface area contributed by atoms with Gasteiger partial charge in [0.15, 0.2) is 16.9 Å². The minimum Gasteiger partial charge on any atom is -0.472 e. The predicted molar refractivity (Wildman–Crippen MR) is 77.7 cm³/mol. The third-order valence-corrected chi connectivity index (χ3v) is 3.77. The van der Waals surface area contributed by atoms with Crippen molar-refractivity contribution in [3.8, 4) is 0 Å². The topological polar surface area (TPSA) is 119 Å². The van der Waals surface area contributed by atoms with E-state index in [4.69, 9.17) is 10.5 Å². The number of ether oxygens (including phenoxy) is 1. The Morgan fingerprint density at radius 1 is 1.43 bits per heavy atom. The van der Waals surface area contributed by atoms with Crippen molar-refractivity contribution in [2.45, 2.75) is 39.3 Å². The number of nitrogen functional groups attached to an aromatic ring is 1. The Morgan fingerprint density at radius 2 is 2.14 bits per heavy atom.